The van der Waals surface area contributed by atoms with E-state index >= 15 is 0 Å². The average Bonchev–Trinajstić information content (AvgIpc) is 2.44. The van der Waals surface area contributed by atoms with Crippen molar-refractivity contribution in [1.29, 1.82) is 0 Å². The largest absolute Gasteiger partial charge is 0.481 e. The third-order valence-corrected chi connectivity index (χ3v) is 3.14. The highest BCUT2D eigenvalue weighted by Gasteiger charge is 2.10. The summed E-state index contributed by atoms with van der Waals surface area (Å²) in [5.74, 6) is 6.13. The molecular formula is C13H11ClN4O. The van der Waals surface area contributed by atoms with Crippen LogP contribution in [0.5, 0.6) is 5.88 Å². The highest BCUT2D eigenvalue weighted by atomic mass is 35.5. The molecule has 96 valence electrons. The molecule has 0 aliphatic carbocycles. The fraction of sp³-hybridized carbons (Fsp3) is 0.0769. The summed E-state index contributed by atoms with van der Waals surface area (Å²) < 4.78 is 5.12. The van der Waals surface area contributed by atoms with E-state index < -0.39 is 0 Å². The van der Waals surface area contributed by atoms with Gasteiger partial charge in [-0.3, -0.25) is 5.84 Å². The normalized spacial score (nSPS) is 10.9. The van der Waals surface area contributed by atoms with E-state index in [2.05, 4.69) is 15.4 Å². The van der Waals surface area contributed by atoms with Crippen LogP contribution in [0, 0.1) is 0 Å². The second-order valence-corrected chi connectivity index (χ2v) is 4.45. The van der Waals surface area contributed by atoms with Crippen LogP contribution in [0.1, 0.15) is 0 Å². The number of fused-ring (bicyclic) bond motifs is 2. The Morgan fingerprint density at radius 2 is 2.00 bits per heavy atom. The van der Waals surface area contributed by atoms with Crippen molar-refractivity contribution in [1.82, 2.24) is 9.97 Å². The van der Waals surface area contributed by atoms with E-state index in [1.54, 1.807) is 25.3 Å². The third-order valence-electron chi connectivity index (χ3n) is 2.91. The van der Waals surface area contributed by atoms with E-state index in [1.165, 1.54) is 0 Å². The van der Waals surface area contributed by atoms with Gasteiger partial charge in [0, 0.05) is 16.5 Å². The van der Waals surface area contributed by atoms with E-state index in [-0.39, 0.29) is 0 Å². The fourth-order valence-electron chi connectivity index (χ4n) is 2.03. The van der Waals surface area contributed by atoms with Crippen molar-refractivity contribution in [3.05, 3.63) is 35.4 Å². The van der Waals surface area contributed by atoms with E-state index in [1.807, 2.05) is 12.1 Å². The minimum absolute atomic E-state index is 0.513. The Morgan fingerprint density at radius 1 is 1.16 bits per heavy atom. The molecule has 2 aromatic heterocycles. The van der Waals surface area contributed by atoms with Crippen LogP contribution in [0.4, 0.5) is 5.69 Å². The summed E-state index contributed by atoms with van der Waals surface area (Å²) in [5.41, 5.74) is 5.54. The first-order chi connectivity index (χ1) is 9.22. The van der Waals surface area contributed by atoms with Crippen molar-refractivity contribution < 1.29 is 4.74 Å². The van der Waals surface area contributed by atoms with Gasteiger partial charge in [0.25, 0.3) is 0 Å². The maximum atomic E-state index is 5.99. The van der Waals surface area contributed by atoms with Crippen LogP contribution in [0.2, 0.25) is 5.02 Å². The maximum Gasteiger partial charge on any atom is 0.213 e. The molecule has 2 heterocycles. The third kappa shape index (κ3) is 1.93. The molecular weight excluding hydrogens is 264 g/mol. The number of halogens is 1. The SMILES string of the molecule is COc1ccc2nc3cc(Cl)ccc3c(NN)c2n1. The molecule has 0 saturated carbocycles. The number of nitrogens with zero attached hydrogens (tertiary/aromatic N) is 2. The summed E-state index contributed by atoms with van der Waals surface area (Å²) in [5, 5.41) is 1.49. The lowest BCUT2D eigenvalue weighted by molar-refractivity contribution is 0.399. The zero-order valence-corrected chi connectivity index (χ0v) is 10.9. The molecule has 3 rings (SSSR count). The molecule has 3 aromatic rings. The molecule has 5 nitrogen and oxygen atoms in total. The first kappa shape index (κ1) is 12.0. The minimum atomic E-state index is 0.513. The standard InChI is InChI=1S/C13H11ClN4O/c1-19-11-5-4-9-13(17-11)12(18-15)8-3-2-7(14)6-10(8)16-9/h2-6H,15H2,1H3,(H,16,18). The maximum absolute atomic E-state index is 5.99. The van der Waals surface area contributed by atoms with Gasteiger partial charge in [-0.1, -0.05) is 11.6 Å². The second-order valence-electron chi connectivity index (χ2n) is 4.01. The van der Waals surface area contributed by atoms with Gasteiger partial charge < -0.3 is 10.2 Å². The van der Waals surface area contributed by atoms with Crippen LogP contribution in [0.15, 0.2) is 30.3 Å². The molecule has 0 bridgehead atoms. The van der Waals surface area contributed by atoms with Gasteiger partial charge in [0.05, 0.1) is 23.8 Å². The van der Waals surface area contributed by atoms with Gasteiger partial charge in [0.2, 0.25) is 5.88 Å². The first-order valence-corrected chi connectivity index (χ1v) is 6.01. The van der Waals surface area contributed by atoms with Gasteiger partial charge in [0.15, 0.2) is 0 Å². The van der Waals surface area contributed by atoms with Gasteiger partial charge in [-0.05, 0) is 24.3 Å². The Labute approximate surface area is 114 Å². The lowest BCUT2D eigenvalue weighted by Gasteiger charge is -2.10. The predicted octanol–water partition coefficient (Wildman–Crippen LogP) is 2.73. The molecule has 0 fully saturated rings. The van der Waals surface area contributed by atoms with Crippen molar-refractivity contribution >= 4 is 39.2 Å². The number of nitrogen functional groups attached to an aromatic ring is 1. The zero-order chi connectivity index (χ0) is 13.4. The smallest absolute Gasteiger partial charge is 0.213 e. The van der Waals surface area contributed by atoms with Crippen molar-refractivity contribution in [3.8, 4) is 5.88 Å². The highest BCUT2D eigenvalue weighted by molar-refractivity contribution is 6.31. The molecule has 0 amide bonds. The van der Waals surface area contributed by atoms with Crippen LogP contribution in [-0.4, -0.2) is 17.1 Å². The second kappa shape index (κ2) is 4.53. The quantitative estimate of drug-likeness (QED) is 0.427. The lowest BCUT2D eigenvalue weighted by atomic mass is 10.1. The lowest BCUT2D eigenvalue weighted by Crippen LogP contribution is -2.09. The summed E-state index contributed by atoms with van der Waals surface area (Å²) in [6.45, 7) is 0. The zero-order valence-electron chi connectivity index (χ0n) is 10.1. The molecule has 0 saturated heterocycles. The molecule has 6 heteroatoms. The molecule has 0 spiro atoms. The molecule has 0 atom stereocenters. The number of aromatic nitrogens is 2. The van der Waals surface area contributed by atoms with Gasteiger partial charge in [-0.2, -0.15) is 0 Å². The number of nitrogens with one attached hydrogen (secondary N) is 1. The van der Waals surface area contributed by atoms with E-state index in [9.17, 15) is 0 Å². The van der Waals surface area contributed by atoms with E-state index in [4.69, 9.17) is 22.2 Å². The van der Waals surface area contributed by atoms with Crippen molar-refractivity contribution in [2.75, 3.05) is 12.5 Å². The monoisotopic (exact) mass is 274 g/mol. The number of methoxy groups -OCH3 is 1. The number of pyridine rings is 2. The summed E-state index contributed by atoms with van der Waals surface area (Å²) in [4.78, 5) is 8.90. The first-order valence-electron chi connectivity index (χ1n) is 5.63. The number of benzene rings is 1. The Kier molecular flexibility index (Phi) is 2.85. The van der Waals surface area contributed by atoms with Gasteiger partial charge >= 0.3 is 0 Å². The van der Waals surface area contributed by atoms with Crippen molar-refractivity contribution in [2.45, 2.75) is 0 Å². The fourth-order valence-corrected chi connectivity index (χ4v) is 2.20. The number of rotatable bonds is 2. The Morgan fingerprint density at radius 3 is 2.74 bits per heavy atom. The predicted molar refractivity (Wildman–Crippen MR) is 76.4 cm³/mol. The summed E-state index contributed by atoms with van der Waals surface area (Å²) in [6, 6.07) is 9.04. The molecule has 0 radical (unpaired) electrons. The molecule has 19 heavy (non-hydrogen) atoms. The molecule has 0 aliphatic rings. The summed E-state index contributed by atoms with van der Waals surface area (Å²) in [7, 11) is 1.57. The van der Waals surface area contributed by atoms with Gasteiger partial charge in [-0.15, -0.1) is 0 Å². The molecule has 0 aliphatic heterocycles. The molecule has 1 aromatic carbocycles. The minimum Gasteiger partial charge on any atom is -0.481 e. The van der Waals surface area contributed by atoms with Crippen LogP contribution < -0.4 is 16.0 Å². The van der Waals surface area contributed by atoms with Gasteiger partial charge in [0.1, 0.15) is 5.52 Å². The molecule has 3 N–H and O–H groups in total. The number of nitrogens with two attached hydrogens (primary N) is 1. The Hall–Kier alpha value is -2.11. The summed E-state index contributed by atoms with van der Waals surface area (Å²) >= 11 is 5.99. The highest BCUT2D eigenvalue weighted by Crippen LogP contribution is 2.31. The van der Waals surface area contributed by atoms with Crippen LogP contribution in [0.3, 0.4) is 0 Å². The van der Waals surface area contributed by atoms with Crippen molar-refractivity contribution in [3.63, 3.8) is 0 Å². The van der Waals surface area contributed by atoms with E-state index in [0.717, 1.165) is 16.4 Å². The number of anilines is 1. The van der Waals surface area contributed by atoms with Crippen LogP contribution >= 0.6 is 11.6 Å². The Balaban J connectivity index is 2.45. The average molecular weight is 275 g/mol. The number of hydrazine groups is 1. The number of hydrogen-bond donors (Lipinski definition) is 2. The van der Waals surface area contributed by atoms with E-state index in [0.29, 0.717) is 22.1 Å². The van der Waals surface area contributed by atoms with Crippen molar-refractivity contribution in [2.24, 2.45) is 5.84 Å². The number of ether oxygens (including phenoxy) is 1. The molecule has 0 unspecified atom stereocenters. The number of hydrogen-bond acceptors (Lipinski definition) is 5. The summed E-state index contributed by atoms with van der Waals surface area (Å²) in [6.07, 6.45) is 0. The van der Waals surface area contributed by atoms with Crippen LogP contribution in [-0.2, 0) is 0 Å². The topological polar surface area (TPSA) is 73.1 Å². The Bertz CT molecular complexity index is 775. The van der Waals surface area contributed by atoms with Gasteiger partial charge in [-0.25, -0.2) is 9.97 Å². The van der Waals surface area contributed by atoms with Crippen LogP contribution in [0.25, 0.3) is 21.9 Å².